The number of aromatic nitrogens is 1. The highest BCUT2D eigenvalue weighted by molar-refractivity contribution is 9.10. The number of pyridine rings is 1. The number of nitrogens with two attached hydrogens (primary N) is 1. The van der Waals surface area contributed by atoms with Gasteiger partial charge in [-0.3, -0.25) is 10.1 Å². The molecule has 2 unspecified atom stereocenters. The Hall–Kier alpha value is -1.73. The zero-order chi connectivity index (χ0) is 15.0. The van der Waals surface area contributed by atoms with Gasteiger partial charge in [0.15, 0.2) is 0 Å². The fraction of sp³-hybridized carbons (Fsp3) is 0.357. The number of rotatable bonds is 3. The Morgan fingerprint density at radius 3 is 2.90 bits per heavy atom. The third kappa shape index (κ3) is 2.71. The molecule has 3 rings (SSSR count). The Balaban J connectivity index is 2.13. The van der Waals surface area contributed by atoms with Crippen LogP contribution in [-0.4, -0.2) is 22.0 Å². The lowest BCUT2D eigenvalue weighted by Gasteiger charge is -2.19. The van der Waals surface area contributed by atoms with E-state index in [1.807, 2.05) is 18.2 Å². The van der Waals surface area contributed by atoms with Gasteiger partial charge in [-0.2, -0.15) is 0 Å². The highest BCUT2D eigenvalue weighted by atomic mass is 79.9. The van der Waals surface area contributed by atoms with Gasteiger partial charge in [0.2, 0.25) is 0 Å². The second-order valence-electron chi connectivity index (χ2n) is 5.28. The molecule has 1 aliphatic rings. The summed E-state index contributed by atoms with van der Waals surface area (Å²) in [5.74, 6) is 0. The maximum Gasteiger partial charge on any atom is 0.311 e. The molecular weight excluding hydrogens is 336 g/mol. The zero-order valence-electron chi connectivity index (χ0n) is 11.3. The van der Waals surface area contributed by atoms with E-state index in [9.17, 15) is 10.1 Å². The molecule has 0 amide bonds. The number of nitrogens with one attached hydrogen (secondary N) is 1. The van der Waals surface area contributed by atoms with Crippen molar-refractivity contribution in [2.45, 2.75) is 31.3 Å². The van der Waals surface area contributed by atoms with Crippen molar-refractivity contribution in [1.29, 1.82) is 0 Å². The topological polar surface area (TPSA) is 94.1 Å². The standard InChI is InChI=1S/C14H15BrN4O2/c15-8-4-5-11-9(6-8)14(13(7-17-11)19(20)21)18-12-3-1-2-10(12)16/h4-7,10,12H,1-3,16H2,(H,17,18). The molecule has 1 aliphatic carbocycles. The molecule has 0 aliphatic heterocycles. The minimum absolute atomic E-state index is 0.0142. The molecule has 3 N–H and O–H groups in total. The summed E-state index contributed by atoms with van der Waals surface area (Å²) in [6.45, 7) is 0. The summed E-state index contributed by atoms with van der Waals surface area (Å²) in [7, 11) is 0. The molecule has 1 saturated carbocycles. The van der Waals surface area contributed by atoms with Crippen molar-refractivity contribution in [3.05, 3.63) is 39.0 Å². The molecule has 2 atom stereocenters. The van der Waals surface area contributed by atoms with E-state index >= 15 is 0 Å². The van der Waals surface area contributed by atoms with Crippen LogP contribution in [0.25, 0.3) is 10.9 Å². The molecular formula is C14H15BrN4O2. The fourth-order valence-corrected chi connectivity index (χ4v) is 3.16. The predicted octanol–water partition coefficient (Wildman–Crippen LogP) is 3.20. The first-order valence-corrected chi connectivity index (χ1v) is 7.60. The fourth-order valence-electron chi connectivity index (χ4n) is 2.80. The van der Waals surface area contributed by atoms with Crippen molar-refractivity contribution >= 4 is 38.2 Å². The lowest BCUT2D eigenvalue weighted by Crippen LogP contribution is -2.35. The highest BCUT2D eigenvalue weighted by Crippen LogP contribution is 2.35. The van der Waals surface area contributed by atoms with Gasteiger partial charge in [0.05, 0.1) is 10.4 Å². The Bertz CT molecular complexity index is 707. The lowest BCUT2D eigenvalue weighted by atomic mass is 10.1. The number of benzene rings is 1. The second kappa shape index (κ2) is 5.57. The molecule has 2 aromatic rings. The van der Waals surface area contributed by atoms with Crippen molar-refractivity contribution < 1.29 is 4.92 Å². The van der Waals surface area contributed by atoms with E-state index in [4.69, 9.17) is 5.73 Å². The van der Waals surface area contributed by atoms with Gasteiger partial charge < -0.3 is 11.1 Å². The van der Waals surface area contributed by atoms with E-state index in [0.29, 0.717) is 5.69 Å². The van der Waals surface area contributed by atoms with E-state index in [-0.39, 0.29) is 17.8 Å². The summed E-state index contributed by atoms with van der Waals surface area (Å²) in [6, 6.07) is 5.64. The van der Waals surface area contributed by atoms with Gasteiger partial charge in [0, 0.05) is 21.9 Å². The molecule has 7 heteroatoms. The van der Waals surface area contributed by atoms with Crippen LogP contribution in [-0.2, 0) is 0 Å². The molecule has 0 spiro atoms. The van der Waals surface area contributed by atoms with Crippen LogP contribution in [0.15, 0.2) is 28.9 Å². The maximum atomic E-state index is 11.3. The first kappa shape index (κ1) is 14.2. The minimum Gasteiger partial charge on any atom is -0.375 e. The molecule has 1 aromatic heterocycles. The quantitative estimate of drug-likeness (QED) is 0.654. The zero-order valence-corrected chi connectivity index (χ0v) is 12.8. The highest BCUT2D eigenvalue weighted by Gasteiger charge is 2.27. The maximum absolute atomic E-state index is 11.3. The van der Waals surface area contributed by atoms with E-state index in [2.05, 4.69) is 26.2 Å². The molecule has 0 bridgehead atoms. The minimum atomic E-state index is -0.407. The molecule has 6 nitrogen and oxygen atoms in total. The second-order valence-corrected chi connectivity index (χ2v) is 6.20. The van der Waals surface area contributed by atoms with Crippen LogP contribution in [0, 0.1) is 10.1 Å². The van der Waals surface area contributed by atoms with Crippen molar-refractivity contribution in [2.24, 2.45) is 5.73 Å². The summed E-state index contributed by atoms with van der Waals surface area (Å²) >= 11 is 3.40. The van der Waals surface area contributed by atoms with Crippen LogP contribution in [0.5, 0.6) is 0 Å². The van der Waals surface area contributed by atoms with Crippen LogP contribution < -0.4 is 11.1 Å². The molecule has 1 heterocycles. The van der Waals surface area contributed by atoms with Crippen molar-refractivity contribution in [3.8, 4) is 0 Å². The number of halogens is 1. The molecule has 0 radical (unpaired) electrons. The molecule has 21 heavy (non-hydrogen) atoms. The number of anilines is 1. The monoisotopic (exact) mass is 350 g/mol. The first-order chi connectivity index (χ1) is 10.1. The van der Waals surface area contributed by atoms with Crippen molar-refractivity contribution in [2.75, 3.05) is 5.32 Å². The Labute approximate surface area is 130 Å². The van der Waals surface area contributed by atoms with Crippen LogP contribution in [0.3, 0.4) is 0 Å². The average Bonchev–Trinajstić information content (AvgIpc) is 2.84. The first-order valence-electron chi connectivity index (χ1n) is 6.81. The average molecular weight is 351 g/mol. The SMILES string of the molecule is NC1CCCC1Nc1c([N+](=O)[O-])cnc2ccc(Br)cc12. The van der Waals surface area contributed by atoms with Crippen LogP contribution in [0.1, 0.15) is 19.3 Å². The molecule has 1 aromatic carbocycles. The van der Waals surface area contributed by atoms with Crippen molar-refractivity contribution in [3.63, 3.8) is 0 Å². The summed E-state index contributed by atoms with van der Waals surface area (Å²) in [6.07, 6.45) is 4.21. The van der Waals surface area contributed by atoms with Gasteiger partial charge in [-0.1, -0.05) is 15.9 Å². The van der Waals surface area contributed by atoms with Crippen LogP contribution in [0.2, 0.25) is 0 Å². The Kier molecular flexibility index (Phi) is 3.77. The van der Waals surface area contributed by atoms with Crippen LogP contribution >= 0.6 is 15.9 Å². The van der Waals surface area contributed by atoms with Gasteiger partial charge in [0.1, 0.15) is 11.9 Å². The molecule has 0 saturated heterocycles. The van der Waals surface area contributed by atoms with Gasteiger partial charge in [-0.05, 0) is 37.5 Å². The van der Waals surface area contributed by atoms with Crippen LogP contribution in [0.4, 0.5) is 11.4 Å². The number of hydrogen-bond acceptors (Lipinski definition) is 5. The third-order valence-corrected chi connectivity index (χ3v) is 4.40. The van der Waals surface area contributed by atoms with Gasteiger partial charge in [-0.15, -0.1) is 0 Å². The van der Waals surface area contributed by atoms with E-state index < -0.39 is 4.92 Å². The number of hydrogen-bond donors (Lipinski definition) is 2. The summed E-state index contributed by atoms with van der Waals surface area (Å²) in [5, 5.41) is 15.3. The third-order valence-electron chi connectivity index (χ3n) is 3.91. The largest absolute Gasteiger partial charge is 0.375 e. The number of nitrogens with zero attached hydrogens (tertiary/aromatic N) is 2. The number of nitro groups is 1. The summed E-state index contributed by atoms with van der Waals surface area (Å²) in [5.41, 5.74) is 7.28. The number of fused-ring (bicyclic) bond motifs is 1. The summed E-state index contributed by atoms with van der Waals surface area (Å²) in [4.78, 5) is 15.0. The Morgan fingerprint density at radius 1 is 1.43 bits per heavy atom. The molecule has 1 fully saturated rings. The molecule has 110 valence electrons. The normalized spacial score (nSPS) is 21.6. The van der Waals surface area contributed by atoms with E-state index in [1.54, 1.807) is 0 Å². The summed E-state index contributed by atoms with van der Waals surface area (Å²) < 4.78 is 0.857. The Morgan fingerprint density at radius 2 is 2.24 bits per heavy atom. The van der Waals surface area contributed by atoms with E-state index in [0.717, 1.165) is 34.6 Å². The van der Waals surface area contributed by atoms with Crippen molar-refractivity contribution in [1.82, 2.24) is 4.98 Å². The lowest BCUT2D eigenvalue weighted by molar-refractivity contribution is -0.384. The van der Waals surface area contributed by atoms with Gasteiger partial charge >= 0.3 is 5.69 Å². The van der Waals surface area contributed by atoms with E-state index in [1.165, 1.54) is 6.20 Å². The smallest absolute Gasteiger partial charge is 0.311 e. The predicted molar refractivity (Wildman–Crippen MR) is 85.3 cm³/mol. The van der Waals surface area contributed by atoms with Gasteiger partial charge in [0.25, 0.3) is 0 Å². The van der Waals surface area contributed by atoms with Gasteiger partial charge in [-0.25, -0.2) is 4.98 Å².